The number of aryl methyl sites for hydroxylation is 1. The molecule has 3 aromatic rings. The maximum atomic E-state index is 12.4. The highest BCUT2D eigenvalue weighted by Crippen LogP contribution is 2.38. The van der Waals surface area contributed by atoms with Crippen molar-refractivity contribution in [2.24, 2.45) is 0 Å². The van der Waals surface area contributed by atoms with Crippen LogP contribution < -0.4 is 5.32 Å². The standard InChI is InChI=1S/C14H14N6OS/c1-8-10(22-14(15-8)20-6-2-3-7-20)12(21)17-13-16-11(18-19-13)9-4-5-9/h2-3,6-7,9H,4-5H2,1H3,(H2,16,17,18,19,21). The molecule has 1 fully saturated rings. The molecule has 22 heavy (non-hydrogen) atoms. The van der Waals surface area contributed by atoms with Crippen molar-refractivity contribution in [1.82, 2.24) is 24.7 Å². The average molecular weight is 314 g/mol. The van der Waals surface area contributed by atoms with E-state index in [2.05, 4.69) is 25.5 Å². The van der Waals surface area contributed by atoms with Crippen LogP contribution in [0.25, 0.3) is 5.13 Å². The van der Waals surface area contributed by atoms with Crippen molar-refractivity contribution in [3.8, 4) is 5.13 Å². The molecule has 7 nitrogen and oxygen atoms in total. The van der Waals surface area contributed by atoms with Gasteiger partial charge < -0.3 is 4.57 Å². The predicted octanol–water partition coefficient (Wildman–Crippen LogP) is 2.49. The SMILES string of the molecule is Cc1nc(-n2cccc2)sc1C(=O)Nc1n[nH]c(C2CC2)n1. The minimum atomic E-state index is -0.227. The molecule has 0 bridgehead atoms. The molecule has 112 valence electrons. The first-order valence-electron chi connectivity index (χ1n) is 7.05. The molecule has 1 amide bonds. The molecule has 1 aliphatic carbocycles. The third-order valence-electron chi connectivity index (χ3n) is 3.51. The number of H-pyrrole nitrogens is 1. The van der Waals surface area contributed by atoms with Gasteiger partial charge in [-0.2, -0.15) is 4.98 Å². The summed E-state index contributed by atoms with van der Waals surface area (Å²) in [7, 11) is 0. The molecule has 8 heteroatoms. The Hall–Kier alpha value is -2.48. The van der Waals surface area contributed by atoms with Gasteiger partial charge in [0.2, 0.25) is 5.95 Å². The zero-order chi connectivity index (χ0) is 15.1. The number of carbonyl (C=O) groups is 1. The largest absolute Gasteiger partial charge is 0.300 e. The fraction of sp³-hybridized carbons (Fsp3) is 0.286. The third kappa shape index (κ3) is 2.41. The van der Waals surface area contributed by atoms with Crippen molar-refractivity contribution in [2.75, 3.05) is 5.32 Å². The Balaban J connectivity index is 1.54. The van der Waals surface area contributed by atoms with Crippen LogP contribution >= 0.6 is 11.3 Å². The molecule has 2 N–H and O–H groups in total. The Kier molecular flexibility index (Phi) is 3.04. The number of anilines is 1. The minimum Gasteiger partial charge on any atom is -0.300 e. The van der Waals surface area contributed by atoms with Gasteiger partial charge in [0.15, 0.2) is 5.13 Å². The summed E-state index contributed by atoms with van der Waals surface area (Å²) in [5, 5.41) is 10.4. The molecule has 3 heterocycles. The van der Waals surface area contributed by atoms with Crippen molar-refractivity contribution in [3.05, 3.63) is 40.9 Å². The van der Waals surface area contributed by atoms with Crippen LogP contribution in [0.2, 0.25) is 0 Å². The number of nitrogens with one attached hydrogen (secondary N) is 2. The lowest BCUT2D eigenvalue weighted by molar-refractivity contribution is 0.102. The molecule has 0 spiro atoms. The molecule has 0 saturated heterocycles. The lowest BCUT2D eigenvalue weighted by Crippen LogP contribution is -2.12. The lowest BCUT2D eigenvalue weighted by atomic mass is 10.4. The third-order valence-corrected chi connectivity index (χ3v) is 4.68. The maximum Gasteiger partial charge on any atom is 0.270 e. The second-order valence-electron chi connectivity index (χ2n) is 5.27. The van der Waals surface area contributed by atoms with Gasteiger partial charge in [-0.25, -0.2) is 4.98 Å². The van der Waals surface area contributed by atoms with Gasteiger partial charge in [0.05, 0.1) is 5.69 Å². The van der Waals surface area contributed by atoms with Crippen LogP contribution in [0.4, 0.5) is 5.95 Å². The van der Waals surface area contributed by atoms with Crippen LogP contribution in [0.3, 0.4) is 0 Å². The summed E-state index contributed by atoms with van der Waals surface area (Å²) in [6.45, 7) is 1.83. The van der Waals surface area contributed by atoms with Gasteiger partial charge in [0, 0.05) is 18.3 Å². The molecule has 0 aliphatic heterocycles. The summed E-state index contributed by atoms with van der Waals surface area (Å²) in [5.74, 6) is 1.42. The van der Waals surface area contributed by atoms with Crippen molar-refractivity contribution in [2.45, 2.75) is 25.7 Å². The number of aromatic nitrogens is 5. The van der Waals surface area contributed by atoms with E-state index in [9.17, 15) is 4.79 Å². The van der Waals surface area contributed by atoms with E-state index in [0.717, 1.165) is 23.8 Å². The number of amides is 1. The summed E-state index contributed by atoms with van der Waals surface area (Å²) in [6.07, 6.45) is 6.07. The van der Waals surface area contributed by atoms with Crippen molar-refractivity contribution >= 4 is 23.2 Å². The topological polar surface area (TPSA) is 88.5 Å². The minimum absolute atomic E-state index is 0.227. The molecule has 1 aliphatic rings. The van der Waals surface area contributed by atoms with Gasteiger partial charge in [0.1, 0.15) is 10.7 Å². The monoisotopic (exact) mass is 314 g/mol. The van der Waals surface area contributed by atoms with Gasteiger partial charge in [-0.3, -0.25) is 15.2 Å². The van der Waals surface area contributed by atoms with Crippen LogP contribution in [0, 0.1) is 6.92 Å². The first-order valence-corrected chi connectivity index (χ1v) is 7.87. The van der Waals surface area contributed by atoms with Gasteiger partial charge >= 0.3 is 0 Å². The molecule has 3 aromatic heterocycles. The van der Waals surface area contributed by atoms with Gasteiger partial charge in [-0.1, -0.05) is 11.3 Å². The zero-order valence-corrected chi connectivity index (χ0v) is 12.7. The molecular weight excluding hydrogens is 300 g/mol. The molecule has 1 saturated carbocycles. The molecule has 4 rings (SSSR count). The van der Waals surface area contributed by atoms with E-state index in [1.165, 1.54) is 11.3 Å². The lowest BCUT2D eigenvalue weighted by Gasteiger charge is -1.97. The second kappa shape index (κ2) is 5.06. The Morgan fingerprint density at radius 2 is 2.14 bits per heavy atom. The van der Waals surface area contributed by atoms with Crippen LogP contribution in [-0.2, 0) is 0 Å². The van der Waals surface area contributed by atoms with Crippen molar-refractivity contribution in [3.63, 3.8) is 0 Å². The summed E-state index contributed by atoms with van der Waals surface area (Å²) in [5.41, 5.74) is 0.698. The van der Waals surface area contributed by atoms with E-state index in [0.29, 0.717) is 22.4 Å². The first-order chi connectivity index (χ1) is 10.7. The highest BCUT2D eigenvalue weighted by atomic mass is 32.1. The summed E-state index contributed by atoms with van der Waals surface area (Å²) in [6, 6.07) is 3.84. The highest BCUT2D eigenvalue weighted by Gasteiger charge is 2.27. The van der Waals surface area contributed by atoms with Crippen LogP contribution in [-0.4, -0.2) is 30.6 Å². The summed E-state index contributed by atoms with van der Waals surface area (Å²) < 4.78 is 1.88. The number of carbonyl (C=O) groups excluding carboxylic acids is 1. The Morgan fingerprint density at radius 3 is 2.86 bits per heavy atom. The van der Waals surface area contributed by atoms with Gasteiger partial charge in [0.25, 0.3) is 5.91 Å². The van der Waals surface area contributed by atoms with E-state index in [-0.39, 0.29) is 5.91 Å². The van der Waals surface area contributed by atoms with E-state index < -0.39 is 0 Å². The Bertz CT molecular complexity index is 814. The number of hydrogen-bond donors (Lipinski definition) is 2. The normalized spacial score (nSPS) is 14.2. The second-order valence-corrected chi connectivity index (χ2v) is 6.25. The van der Waals surface area contributed by atoms with Gasteiger partial charge in [-0.15, -0.1) is 5.10 Å². The first kappa shape index (κ1) is 13.2. The fourth-order valence-electron chi connectivity index (χ4n) is 2.19. The van der Waals surface area contributed by atoms with E-state index >= 15 is 0 Å². The summed E-state index contributed by atoms with van der Waals surface area (Å²) in [4.78, 5) is 21.7. The number of hydrogen-bond acceptors (Lipinski definition) is 5. The quantitative estimate of drug-likeness (QED) is 0.774. The number of aromatic amines is 1. The number of thiazole rings is 1. The van der Waals surface area contributed by atoms with E-state index in [1.54, 1.807) is 0 Å². The van der Waals surface area contributed by atoms with Crippen LogP contribution in [0.1, 0.15) is 39.9 Å². The van der Waals surface area contributed by atoms with E-state index in [1.807, 2.05) is 36.0 Å². The average Bonchev–Trinajstić information content (AvgIpc) is 2.94. The van der Waals surface area contributed by atoms with E-state index in [4.69, 9.17) is 0 Å². The van der Waals surface area contributed by atoms with Gasteiger partial charge in [-0.05, 0) is 31.9 Å². The zero-order valence-electron chi connectivity index (χ0n) is 11.9. The summed E-state index contributed by atoms with van der Waals surface area (Å²) >= 11 is 1.34. The maximum absolute atomic E-state index is 12.4. The van der Waals surface area contributed by atoms with Crippen LogP contribution in [0.15, 0.2) is 24.5 Å². The Labute approximate surface area is 130 Å². The molecule has 0 unspecified atom stereocenters. The number of rotatable bonds is 4. The van der Waals surface area contributed by atoms with Crippen molar-refractivity contribution < 1.29 is 4.79 Å². The predicted molar refractivity (Wildman–Crippen MR) is 82.5 cm³/mol. The fourth-order valence-corrected chi connectivity index (χ4v) is 3.12. The molecule has 0 atom stereocenters. The van der Waals surface area contributed by atoms with Crippen molar-refractivity contribution in [1.29, 1.82) is 0 Å². The smallest absolute Gasteiger partial charge is 0.270 e. The number of nitrogens with zero attached hydrogens (tertiary/aromatic N) is 4. The highest BCUT2D eigenvalue weighted by molar-refractivity contribution is 7.16. The molecular formula is C14H14N6OS. The Morgan fingerprint density at radius 1 is 1.36 bits per heavy atom. The molecule has 0 radical (unpaired) electrons. The molecule has 0 aromatic carbocycles. The van der Waals surface area contributed by atoms with Crippen LogP contribution in [0.5, 0.6) is 0 Å².